The highest BCUT2D eigenvalue weighted by Crippen LogP contribution is 2.03. The van der Waals surface area contributed by atoms with E-state index >= 15 is 0 Å². The lowest BCUT2D eigenvalue weighted by Gasteiger charge is -2.19. The minimum Gasteiger partial charge on any atom is -0.293 e. The summed E-state index contributed by atoms with van der Waals surface area (Å²) in [4.78, 5) is 10.7. The van der Waals surface area contributed by atoms with Gasteiger partial charge in [-0.05, 0) is 12.1 Å². The fourth-order valence-electron chi connectivity index (χ4n) is 1.59. The largest absolute Gasteiger partial charge is 0.293 e. The van der Waals surface area contributed by atoms with Crippen molar-refractivity contribution >= 4 is 12.2 Å². The van der Waals surface area contributed by atoms with E-state index in [1.165, 1.54) is 0 Å². The van der Waals surface area contributed by atoms with Crippen LogP contribution in [0.25, 0.3) is 6.20 Å². The molecule has 2 heterocycles. The quantitative estimate of drug-likeness (QED) is 0.566. The normalized spacial score (nSPS) is 17.4. The first-order valence-corrected chi connectivity index (χ1v) is 4.58. The zero-order valence-electron chi connectivity index (χ0n) is 7.59. The fourth-order valence-corrected chi connectivity index (χ4v) is 1.59. The molecule has 1 aromatic rings. The van der Waals surface area contributed by atoms with Gasteiger partial charge in [-0.2, -0.15) is 0 Å². The van der Waals surface area contributed by atoms with Crippen LogP contribution in [0.2, 0.25) is 0 Å². The van der Waals surface area contributed by atoms with Crippen molar-refractivity contribution in [1.29, 1.82) is 0 Å². The maximum absolute atomic E-state index is 4.46. The molecule has 2 aliphatic heterocycles. The van der Waals surface area contributed by atoms with Gasteiger partial charge in [-0.3, -0.25) is 4.90 Å². The Morgan fingerprint density at radius 3 is 3.14 bits per heavy atom. The first-order valence-electron chi connectivity index (χ1n) is 4.58. The van der Waals surface area contributed by atoms with Crippen LogP contribution in [0.15, 0.2) is 46.5 Å². The van der Waals surface area contributed by atoms with Crippen LogP contribution in [0.3, 0.4) is 0 Å². The zero-order valence-corrected chi connectivity index (χ0v) is 7.59. The van der Waals surface area contributed by atoms with E-state index in [9.17, 15) is 0 Å². The summed E-state index contributed by atoms with van der Waals surface area (Å²) >= 11 is 0. The Morgan fingerprint density at radius 1 is 1.21 bits per heavy atom. The minimum atomic E-state index is 0.728. The van der Waals surface area contributed by atoms with E-state index < -0.39 is 0 Å². The molecule has 0 amide bonds. The molecule has 0 fully saturated rings. The molecule has 0 bridgehead atoms. The summed E-state index contributed by atoms with van der Waals surface area (Å²) in [6, 6.07) is 8.06. The van der Waals surface area contributed by atoms with Crippen molar-refractivity contribution in [3.8, 4) is 0 Å². The SMILES string of the molecule is C1=CN2C=c3ccccc3=NC2=NC1. The molecular weight excluding hydrogens is 174 g/mol. The molecule has 0 atom stereocenters. The van der Waals surface area contributed by atoms with Crippen molar-refractivity contribution in [3.63, 3.8) is 0 Å². The first kappa shape index (κ1) is 7.50. The third kappa shape index (κ3) is 1.06. The number of hydrogen-bond acceptors (Lipinski definition) is 3. The van der Waals surface area contributed by atoms with Crippen molar-refractivity contribution in [3.05, 3.63) is 47.1 Å². The smallest absolute Gasteiger partial charge is 0.229 e. The highest BCUT2D eigenvalue weighted by atomic mass is 15.3. The molecule has 0 spiro atoms. The maximum Gasteiger partial charge on any atom is 0.229 e. The molecule has 0 saturated heterocycles. The first-order chi connectivity index (χ1) is 6.93. The van der Waals surface area contributed by atoms with Gasteiger partial charge in [0.25, 0.3) is 0 Å². The second kappa shape index (κ2) is 2.80. The summed E-state index contributed by atoms with van der Waals surface area (Å²) in [5.74, 6) is 0.784. The minimum absolute atomic E-state index is 0.728. The number of guanidine groups is 1. The molecule has 0 radical (unpaired) electrons. The summed E-state index contributed by atoms with van der Waals surface area (Å²) < 4.78 is 0. The van der Waals surface area contributed by atoms with Crippen molar-refractivity contribution in [2.24, 2.45) is 9.98 Å². The van der Waals surface area contributed by atoms with E-state index in [0.29, 0.717) is 0 Å². The van der Waals surface area contributed by atoms with Crippen LogP contribution in [0.1, 0.15) is 0 Å². The number of rotatable bonds is 0. The van der Waals surface area contributed by atoms with Crippen molar-refractivity contribution in [2.75, 3.05) is 6.54 Å². The molecule has 2 aliphatic rings. The lowest BCUT2D eigenvalue weighted by molar-refractivity contribution is 0.760. The summed E-state index contributed by atoms with van der Waals surface area (Å²) in [5.41, 5.74) is 0. The van der Waals surface area contributed by atoms with Gasteiger partial charge < -0.3 is 0 Å². The van der Waals surface area contributed by atoms with Gasteiger partial charge in [0.15, 0.2) is 0 Å². The molecule has 3 heteroatoms. The topological polar surface area (TPSA) is 28.0 Å². The Labute approximate surface area is 81.4 Å². The highest BCUT2D eigenvalue weighted by molar-refractivity contribution is 5.87. The maximum atomic E-state index is 4.46. The molecule has 0 unspecified atom stereocenters. The Hall–Kier alpha value is -1.90. The molecule has 68 valence electrons. The second-order valence-corrected chi connectivity index (χ2v) is 3.23. The van der Waals surface area contributed by atoms with Gasteiger partial charge in [0.05, 0.1) is 11.9 Å². The van der Waals surface area contributed by atoms with Crippen LogP contribution in [-0.2, 0) is 0 Å². The number of para-hydroxylation sites is 1. The van der Waals surface area contributed by atoms with E-state index in [4.69, 9.17) is 0 Å². The number of hydrogen-bond donors (Lipinski definition) is 0. The Kier molecular flexibility index (Phi) is 1.50. The van der Waals surface area contributed by atoms with Crippen LogP contribution in [0, 0.1) is 0 Å². The average Bonchev–Trinajstić information content (AvgIpc) is 2.26. The number of nitrogens with zero attached hydrogens (tertiary/aromatic N) is 3. The Morgan fingerprint density at radius 2 is 2.14 bits per heavy atom. The van der Waals surface area contributed by atoms with E-state index in [-0.39, 0.29) is 0 Å². The fraction of sp³-hybridized carbons (Fsp3) is 0.0909. The van der Waals surface area contributed by atoms with Gasteiger partial charge in [0.1, 0.15) is 0 Å². The van der Waals surface area contributed by atoms with Gasteiger partial charge in [-0.25, -0.2) is 9.98 Å². The van der Waals surface area contributed by atoms with Crippen molar-refractivity contribution in [1.82, 2.24) is 4.90 Å². The van der Waals surface area contributed by atoms with Crippen molar-refractivity contribution in [2.45, 2.75) is 0 Å². The number of benzene rings is 1. The second-order valence-electron chi connectivity index (χ2n) is 3.23. The van der Waals surface area contributed by atoms with E-state index in [0.717, 1.165) is 23.1 Å². The molecular formula is C11H9N3. The summed E-state index contributed by atoms with van der Waals surface area (Å²) in [7, 11) is 0. The molecule has 0 saturated carbocycles. The molecule has 3 rings (SSSR count). The summed E-state index contributed by atoms with van der Waals surface area (Å²) in [6.07, 6.45) is 6.07. The standard InChI is InChI=1S/C11H9N3/c1-2-5-10-9(4-1)8-14-7-3-6-12-11(14)13-10/h1-5,7-8H,6H2. The summed E-state index contributed by atoms with van der Waals surface area (Å²) in [5, 5.41) is 2.14. The third-order valence-corrected chi connectivity index (χ3v) is 2.27. The van der Waals surface area contributed by atoms with E-state index in [2.05, 4.69) is 22.3 Å². The van der Waals surface area contributed by atoms with Crippen LogP contribution in [0.5, 0.6) is 0 Å². The predicted molar refractivity (Wildman–Crippen MR) is 55.0 cm³/mol. The lowest BCUT2D eigenvalue weighted by atomic mass is 10.2. The zero-order chi connectivity index (χ0) is 9.38. The molecule has 0 N–H and O–H groups in total. The van der Waals surface area contributed by atoms with Gasteiger partial charge in [0.2, 0.25) is 5.96 Å². The van der Waals surface area contributed by atoms with Crippen molar-refractivity contribution < 1.29 is 0 Å². The average molecular weight is 183 g/mol. The number of aliphatic imine (C=N–C) groups is 1. The monoisotopic (exact) mass is 183 g/mol. The van der Waals surface area contributed by atoms with E-state index in [1.807, 2.05) is 35.4 Å². The van der Waals surface area contributed by atoms with Gasteiger partial charge >= 0.3 is 0 Å². The molecule has 0 aliphatic carbocycles. The Balaban J connectivity index is 2.30. The van der Waals surface area contributed by atoms with E-state index in [1.54, 1.807) is 0 Å². The number of fused-ring (bicyclic) bond motifs is 2. The van der Waals surface area contributed by atoms with Crippen LogP contribution >= 0.6 is 0 Å². The van der Waals surface area contributed by atoms with Crippen LogP contribution < -0.4 is 10.6 Å². The lowest BCUT2D eigenvalue weighted by Crippen LogP contribution is -2.37. The predicted octanol–water partition coefficient (Wildman–Crippen LogP) is 0.243. The van der Waals surface area contributed by atoms with Crippen LogP contribution in [-0.4, -0.2) is 17.4 Å². The highest BCUT2D eigenvalue weighted by Gasteiger charge is 2.10. The van der Waals surface area contributed by atoms with Gasteiger partial charge in [-0.15, -0.1) is 0 Å². The Bertz CT molecular complexity index is 540. The molecule has 1 aromatic carbocycles. The molecule has 3 nitrogen and oxygen atoms in total. The van der Waals surface area contributed by atoms with Gasteiger partial charge in [-0.1, -0.05) is 18.2 Å². The third-order valence-electron chi connectivity index (χ3n) is 2.27. The molecule has 0 aromatic heterocycles. The summed E-state index contributed by atoms with van der Waals surface area (Å²) in [6.45, 7) is 0.728. The molecule has 14 heavy (non-hydrogen) atoms. The van der Waals surface area contributed by atoms with Crippen LogP contribution in [0.4, 0.5) is 0 Å². The van der Waals surface area contributed by atoms with Gasteiger partial charge in [0, 0.05) is 17.6 Å².